The highest BCUT2D eigenvalue weighted by molar-refractivity contribution is 5.97. The first-order chi connectivity index (χ1) is 11.1. The maximum Gasteiger partial charge on any atom is 0.228 e. The minimum atomic E-state index is -0.411. The van der Waals surface area contributed by atoms with Crippen molar-refractivity contribution in [2.45, 2.75) is 26.7 Å². The number of allylic oxidation sites excluding steroid dienone is 2. The Hall–Kier alpha value is -2.96. The van der Waals surface area contributed by atoms with Crippen LogP contribution in [0.25, 0.3) is 5.65 Å². The molecule has 1 atom stereocenters. The van der Waals surface area contributed by atoms with Gasteiger partial charge in [-0.25, -0.2) is 14.5 Å². The van der Waals surface area contributed by atoms with Gasteiger partial charge in [0, 0.05) is 5.57 Å². The quantitative estimate of drug-likeness (QED) is 0.723. The number of furan rings is 1. The van der Waals surface area contributed by atoms with E-state index in [0.29, 0.717) is 40.0 Å². The van der Waals surface area contributed by atoms with Gasteiger partial charge in [0.05, 0.1) is 17.7 Å². The fraction of sp³-hybridized carbons (Fsp3) is 0.250. The Labute approximate surface area is 131 Å². The van der Waals surface area contributed by atoms with Crippen LogP contribution in [-0.2, 0) is 4.79 Å². The fourth-order valence-electron chi connectivity index (χ4n) is 3.04. The Morgan fingerprint density at radius 2 is 2.17 bits per heavy atom. The van der Waals surface area contributed by atoms with E-state index in [2.05, 4.69) is 15.1 Å². The first kappa shape index (κ1) is 13.7. The summed E-state index contributed by atoms with van der Waals surface area (Å²) in [7, 11) is 0. The molecule has 3 aromatic heterocycles. The maximum atomic E-state index is 12.2. The number of ketones is 1. The zero-order chi connectivity index (χ0) is 16.1. The monoisotopic (exact) mass is 310 g/mol. The Balaban J connectivity index is 2.07. The molecular weight excluding hydrogens is 296 g/mol. The molecule has 0 spiro atoms. The van der Waals surface area contributed by atoms with Crippen LogP contribution in [0.4, 0.5) is 0 Å². The standard InChI is InChI=1S/C16H14N4O3/c1-8(21)12-9(2)23-16-14(13(12)11-5-4-6-22-11)15-18-10(3)19-20(15)7-17-16/h4-7,13H,1-3H3. The fourth-order valence-corrected chi connectivity index (χ4v) is 3.04. The third-order valence-electron chi connectivity index (χ3n) is 3.91. The SMILES string of the molecule is CC(=O)C1=C(C)Oc2ncn3nc(C)nc3c2C1c1ccco1. The number of hydrogen-bond donors (Lipinski definition) is 0. The molecule has 0 aliphatic carbocycles. The molecule has 0 saturated heterocycles. The van der Waals surface area contributed by atoms with E-state index in [-0.39, 0.29) is 5.78 Å². The van der Waals surface area contributed by atoms with Crippen LogP contribution in [0.1, 0.15) is 36.9 Å². The Bertz CT molecular complexity index is 953. The van der Waals surface area contributed by atoms with Crippen molar-refractivity contribution in [2.75, 3.05) is 0 Å². The van der Waals surface area contributed by atoms with Crippen molar-refractivity contribution >= 4 is 11.4 Å². The smallest absolute Gasteiger partial charge is 0.228 e. The van der Waals surface area contributed by atoms with Gasteiger partial charge in [0.25, 0.3) is 0 Å². The lowest BCUT2D eigenvalue weighted by atomic mass is 9.85. The van der Waals surface area contributed by atoms with Gasteiger partial charge in [-0.2, -0.15) is 5.10 Å². The molecule has 23 heavy (non-hydrogen) atoms. The maximum absolute atomic E-state index is 12.2. The summed E-state index contributed by atoms with van der Waals surface area (Å²) in [5.41, 5.74) is 1.85. The second kappa shape index (κ2) is 4.77. The van der Waals surface area contributed by atoms with Crippen molar-refractivity contribution in [2.24, 2.45) is 0 Å². The van der Waals surface area contributed by atoms with Crippen LogP contribution in [0.2, 0.25) is 0 Å². The number of aromatic nitrogens is 4. The van der Waals surface area contributed by atoms with Gasteiger partial charge in [-0.1, -0.05) is 0 Å². The lowest BCUT2D eigenvalue weighted by Crippen LogP contribution is -2.21. The summed E-state index contributed by atoms with van der Waals surface area (Å²) in [5.74, 6) is 1.73. The van der Waals surface area contributed by atoms with E-state index in [0.717, 1.165) is 0 Å². The molecule has 7 heteroatoms. The molecule has 0 radical (unpaired) electrons. The molecule has 0 aromatic carbocycles. The minimum Gasteiger partial charge on any atom is -0.468 e. The average Bonchev–Trinajstić information content (AvgIpc) is 3.13. The summed E-state index contributed by atoms with van der Waals surface area (Å²) in [4.78, 5) is 21.0. The number of hydrogen-bond acceptors (Lipinski definition) is 6. The lowest BCUT2D eigenvalue weighted by Gasteiger charge is -2.26. The molecular formula is C16H14N4O3. The molecule has 3 aromatic rings. The van der Waals surface area contributed by atoms with E-state index >= 15 is 0 Å². The van der Waals surface area contributed by atoms with Crippen LogP contribution in [0.3, 0.4) is 0 Å². The van der Waals surface area contributed by atoms with Crippen molar-refractivity contribution in [3.63, 3.8) is 0 Å². The second-order valence-corrected chi connectivity index (χ2v) is 5.47. The van der Waals surface area contributed by atoms with Crippen LogP contribution >= 0.6 is 0 Å². The summed E-state index contributed by atoms with van der Waals surface area (Å²) >= 11 is 0. The number of fused-ring (bicyclic) bond motifs is 3. The van der Waals surface area contributed by atoms with Crippen LogP contribution in [0, 0.1) is 6.92 Å². The van der Waals surface area contributed by atoms with Gasteiger partial charge in [0.2, 0.25) is 5.88 Å². The van der Waals surface area contributed by atoms with Crippen molar-refractivity contribution < 1.29 is 13.9 Å². The van der Waals surface area contributed by atoms with Gasteiger partial charge in [-0.3, -0.25) is 4.79 Å². The van der Waals surface area contributed by atoms with Gasteiger partial charge in [0.15, 0.2) is 11.4 Å². The molecule has 116 valence electrons. The number of carbonyl (C=O) groups is 1. The van der Waals surface area contributed by atoms with Crippen molar-refractivity contribution in [1.29, 1.82) is 0 Å². The Morgan fingerprint density at radius 3 is 2.87 bits per heavy atom. The number of ether oxygens (including phenoxy) is 1. The molecule has 1 unspecified atom stereocenters. The van der Waals surface area contributed by atoms with E-state index < -0.39 is 5.92 Å². The lowest BCUT2D eigenvalue weighted by molar-refractivity contribution is -0.114. The van der Waals surface area contributed by atoms with Crippen LogP contribution in [-0.4, -0.2) is 25.4 Å². The third kappa shape index (κ3) is 1.97. The number of rotatable bonds is 2. The van der Waals surface area contributed by atoms with Gasteiger partial charge in [-0.05, 0) is 32.9 Å². The van der Waals surface area contributed by atoms with Crippen LogP contribution < -0.4 is 4.74 Å². The second-order valence-electron chi connectivity index (χ2n) is 5.47. The molecule has 4 heterocycles. The van der Waals surface area contributed by atoms with Crippen molar-refractivity contribution in [3.8, 4) is 5.88 Å². The highest BCUT2D eigenvalue weighted by atomic mass is 16.5. The molecule has 1 aliphatic heterocycles. The van der Waals surface area contributed by atoms with E-state index in [1.165, 1.54) is 6.92 Å². The van der Waals surface area contributed by atoms with E-state index in [9.17, 15) is 4.79 Å². The predicted molar refractivity (Wildman–Crippen MR) is 80.1 cm³/mol. The first-order valence-electron chi connectivity index (χ1n) is 7.21. The number of aryl methyl sites for hydroxylation is 1. The number of carbonyl (C=O) groups excluding carboxylic acids is 1. The van der Waals surface area contributed by atoms with Gasteiger partial charge in [0.1, 0.15) is 23.7 Å². The highest BCUT2D eigenvalue weighted by Gasteiger charge is 2.37. The molecule has 0 N–H and O–H groups in total. The zero-order valence-corrected chi connectivity index (χ0v) is 12.9. The number of nitrogens with zero attached hydrogens (tertiary/aromatic N) is 4. The molecule has 0 fully saturated rings. The Kier molecular flexibility index (Phi) is 2.84. The van der Waals surface area contributed by atoms with Gasteiger partial charge < -0.3 is 9.15 Å². The van der Waals surface area contributed by atoms with Crippen LogP contribution in [0.15, 0.2) is 40.5 Å². The molecule has 0 saturated carbocycles. The predicted octanol–water partition coefficient (Wildman–Crippen LogP) is 2.41. The molecule has 4 rings (SSSR count). The first-order valence-corrected chi connectivity index (χ1v) is 7.21. The molecule has 7 nitrogen and oxygen atoms in total. The topological polar surface area (TPSA) is 82.5 Å². The summed E-state index contributed by atoms with van der Waals surface area (Å²) in [6, 6.07) is 3.63. The van der Waals surface area contributed by atoms with Crippen molar-refractivity contribution in [3.05, 3.63) is 53.2 Å². The summed E-state index contributed by atoms with van der Waals surface area (Å²) in [6.45, 7) is 5.08. The summed E-state index contributed by atoms with van der Waals surface area (Å²) < 4.78 is 13.0. The van der Waals surface area contributed by atoms with E-state index in [4.69, 9.17) is 9.15 Å². The number of Topliss-reactive ketones (excluding diaryl/α,β-unsaturated/α-hetero) is 1. The van der Waals surface area contributed by atoms with Gasteiger partial charge >= 0.3 is 0 Å². The minimum absolute atomic E-state index is 0.0761. The molecule has 0 amide bonds. The van der Waals surface area contributed by atoms with E-state index in [1.807, 2.05) is 6.07 Å². The molecule has 1 aliphatic rings. The normalized spacial score (nSPS) is 17.3. The third-order valence-corrected chi connectivity index (χ3v) is 3.91. The highest BCUT2D eigenvalue weighted by Crippen LogP contribution is 2.44. The summed E-state index contributed by atoms with van der Waals surface area (Å²) in [6.07, 6.45) is 3.14. The van der Waals surface area contributed by atoms with Crippen molar-refractivity contribution in [1.82, 2.24) is 19.6 Å². The Morgan fingerprint density at radius 1 is 1.35 bits per heavy atom. The molecule has 0 bridgehead atoms. The zero-order valence-electron chi connectivity index (χ0n) is 12.9. The average molecular weight is 310 g/mol. The van der Waals surface area contributed by atoms with Crippen LogP contribution in [0.5, 0.6) is 5.88 Å². The summed E-state index contributed by atoms with van der Waals surface area (Å²) in [5, 5.41) is 4.28. The largest absolute Gasteiger partial charge is 0.468 e. The van der Waals surface area contributed by atoms with E-state index in [1.54, 1.807) is 37.0 Å². The van der Waals surface area contributed by atoms with Gasteiger partial charge in [-0.15, -0.1) is 0 Å².